The Bertz CT molecular complexity index is 1160. The van der Waals surface area contributed by atoms with Crippen molar-refractivity contribution in [1.29, 1.82) is 5.26 Å². The average molecular weight is 629 g/mol. The Hall–Kier alpha value is -1.72. The summed E-state index contributed by atoms with van der Waals surface area (Å²) in [4.78, 5) is 0. The summed E-state index contributed by atoms with van der Waals surface area (Å²) in [5.74, 6) is 1.14. The molecule has 158 valence electrons. The smallest absolute Gasteiger partial charge is 0.175 e. The Kier molecular flexibility index (Phi) is 8.67. The largest absolute Gasteiger partial charge is 0.490 e. The molecule has 31 heavy (non-hydrogen) atoms. The SMILES string of the molecule is CCOc1cc(/C=C(/C#N)c2ccc(I)cc2)cc(Br)c1OCc1ccc(Cl)cc1Cl. The number of nitrogens with zero attached hydrogens (tertiary/aromatic N) is 1. The van der Waals surface area contributed by atoms with E-state index in [1.54, 1.807) is 12.1 Å². The van der Waals surface area contributed by atoms with Crippen LogP contribution in [-0.2, 0) is 6.61 Å². The lowest BCUT2D eigenvalue weighted by Crippen LogP contribution is -2.01. The molecule has 0 amide bonds. The van der Waals surface area contributed by atoms with E-state index in [0.29, 0.717) is 33.7 Å². The standard InChI is InChI=1S/C24H17BrCl2INO2/c1-2-30-23-11-15(9-18(13-29)16-4-7-20(28)8-5-16)10-21(25)24(23)31-14-17-3-6-19(26)12-22(17)27/h3-12H,2,14H2,1H3/b18-9-. The second-order valence-corrected chi connectivity index (χ2v) is 9.41. The van der Waals surface area contributed by atoms with Crippen LogP contribution in [0.1, 0.15) is 23.6 Å². The van der Waals surface area contributed by atoms with Gasteiger partial charge >= 0.3 is 0 Å². The Balaban J connectivity index is 1.92. The highest BCUT2D eigenvalue weighted by Gasteiger charge is 2.14. The van der Waals surface area contributed by atoms with Crippen LogP contribution in [0.5, 0.6) is 11.5 Å². The van der Waals surface area contributed by atoms with Crippen LogP contribution in [0.3, 0.4) is 0 Å². The highest BCUT2D eigenvalue weighted by Crippen LogP contribution is 2.39. The highest BCUT2D eigenvalue weighted by atomic mass is 127. The predicted molar refractivity (Wildman–Crippen MR) is 139 cm³/mol. The van der Waals surface area contributed by atoms with Gasteiger partial charge in [0, 0.05) is 19.2 Å². The molecule has 0 aliphatic rings. The fourth-order valence-electron chi connectivity index (χ4n) is 2.84. The van der Waals surface area contributed by atoms with E-state index in [2.05, 4.69) is 44.6 Å². The third kappa shape index (κ3) is 6.39. The molecule has 0 spiro atoms. The van der Waals surface area contributed by atoms with Gasteiger partial charge in [0.2, 0.25) is 0 Å². The average Bonchev–Trinajstić information content (AvgIpc) is 2.73. The summed E-state index contributed by atoms with van der Waals surface area (Å²) in [5.41, 5.74) is 3.05. The number of hydrogen-bond donors (Lipinski definition) is 0. The monoisotopic (exact) mass is 627 g/mol. The second-order valence-electron chi connectivity index (χ2n) is 6.46. The number of nitriles is 1. The molecule has 0 unspecified atom stereocenters. The summed E-state index contributed by atoms with van der Waals surface area (Å²) < 4.78 is 13.7. The van der Waals surface area contributed by atoms with Crippen molar-refractivity contribution in [2.24, 2.45) is 0 Å². The van der Waals surface area contributed by atoms with E-state index < -0.39 is 0 Å². The molecule has 0 bridgehead atoms. The summed E-state index contributed by atoms with van der Waals surface area (Å²) in [5, 5.41) is 10.8. The first-order valence-electron chi connectivity index (χ1n) is 9.32. The number of rotatable bonds is 7. The number of ether oxygens (including phenoxy) is 2. The molecular weight excluding hydrogens is 612 g/mol. The third-order valence-corrected chi connectivity index (χ3v) is 6.20. The lowest BCUT2D eigenvalue weighted by Gasteiger charge is -2.15. The van der Waals surface area contributed by atoms with Gasteiger partial charge in [0.1, 0.15) is 6.61 Å². The van der Waals surface area contributed by atoms with Crippen molar-refractivity contribution in [2.45, 2.75) is 13.5 Å². The van der Waals surface area contributed by atoms with Crippen molar-refractivity contribution in [2.75, 3.05) is 6.61 Å². The molecule has 3 rings (SSSR count). The van der Waals surface area contributed by atoms with E-state index in [1.165, 1.54) is 0 Å². The highest BCUT2D eigenvalue weighted by molar-refractivity contribution is 14.1. The van der Waals surface area contributed by atoms with E-state index in [-0.39, 0.29) is 6.61 Å². The van der Waals surface area contributed by atoms with Crippen LogP contribution >= 0.6 is 61.7 Å². The summed E-state index contributed by atoms with van der Waals surface area (Å²) >= 11 is 18.0. The van der Waals surface area contributed by atoms with Crippen LogP contribution in [-0.4, -0.2) is 6.61 Å². The molecule has 0 fully saturated rings. The number of benzene rings is 3. The Morgan fingerprint density at radius 2 is 1.84 bits per heavy atom. The number of hydrogen-bond acceptors (Lipinski definition) is 3. The Morgan fingerprint density at radius 3 is 2.48 bits per heavy atom. The van der Waals surface area contributed by atoms with E-state index in [4.69, 9.17) is 32.7 Å². The minimum Gasteiger partial charge on any atom is -0.490 e. The molecule has 0 heterocycles. The fraction of sp³-hybridized carbons (Fsp3) is 0.125. The van der Waals surface area contributed by atoms with Crippen molar-refractivity contribution in [3.8, 4) is 17.6 Å². The molecule has 0 N–H and O–H groups in total. The van der Waals surface area contributed by atoms with Crippen molar-refractivity contribution in [3.05, 3.63) is 89.4 Å². The number of halogens is 4. The van der Waals surface area contributed by atoms with E-state index in [0.717, 1.165) is 24.7 Å². The van der Waals surface area contributed by atoms with E-state index in [9.17, 15) is 5.26 Å². The van der Waals surface area contributed by atoms with Crippen LogP contribution < -0.4 is 9.47 Å². The van der Waals surface area contributed by atoms with Gasteiger partial charge in [-0.2, -0.15) is 5.26 Å². The van der Waals surface area contributed by atoms with Crippen molar-refractivity contribution < 1.29 is 9.47 Å². The zero-order valence-corrected chi connectivity index (χ0v) is 21.7. The van der Waals surface area contributed by atoms with Gasteiger partial charge in [-0.25, -0.2) is 0 Å². The lowest BCUT2D eigenvalue weighted by atomic mass is 10.0. The first kappa shape index (κ1) is 23.9. The summed E-state index contributed by atoms with van der Waals surface area (Å²) in [6, 6.07) is 19.1. The maximum absolute atomic E-state index is 9.65. The zero-order valence-electron chi connectivity index (χ0n) is 16.5. The molecule has 0 saturated heterocycles. The van der Waals surface area contributed by atoms with Crippen LogP contribution in [0.2, 0.25) is 10.0 Å². The first-order valence-corrected chi connectivity index (χ1v) is 11.9. The van der Waals surface area contributed by atoms with Crippen molar-refractivity contribution >= 4 is 73.4 Å². The normalized spacial score (nSPS) is 11.2. The molecule has 0 aliphatic heterocycles. The molecule has 3 aromatic carbocycles. The van der Waals surface area contributed by atoms with Gasteiger partial charge in [-0.1, -0.05) is 41.4 Å². The minimum absolute atomic E-state index is 0.260. The summed E-state index contributed by atoms with van der Waals surface area (Å²) in [6.07, 6.45) is 1.83. The van der Waals surface area contributed by atoms with Crippen LogP contribution in [0, 0.1) is 14.9 Å². The Labute approximate surface area is 213 Å². The third-order valence-electron chi connectivity index (χ3n) is 4.31. The minimum atomic E-state index is 0.260. The van der Waals surface area contributed by atoms with E-state index >= 15 is 0 Å². The van der Waals surface area contributed by atoms with Crippen LogP contribution in [0.25, 0.3) is 11.6 Å². The van der Waals surface area contributed by atoms with Gasteiger partial charge in [-0.05, 0) is 99.0 Å². The molecule has 3 aromatic rings. The van der Waals surface area contributed by atoms with Gasteiger partial charge in [0.05, 0.1) is 22.7 Å². The maximum atomic E-state index is 9.65. The molecule has 7 heteroatoms. The molecule has 3 nitrogen and oxygen atoms in total. The Morgan fingerprint density at radius 1 is 1.10 bits per heavy atom. The molecule has 0 radical (unpaired) electrons. The van der Waals surface area contributed by atoms with Crippen LogP contribution in [0.15, 0.2) is 59.1 Å². The molecule has 0 atom stereocenters. The van der Waals surface area contributed by atoms with Gasteiger partial charge in [-0.3, -0.25) is 0 Å². The quantitative estimate of drug-likeness (QED) is 0.150. The number of allylic oxidation sites excluding steroid dienone is 1. The van der Waals surface area contributed by atoms with E-state index in [1.807, 2.05) is 55.5 Å². The van der Waals surface area contributed by atoms with Gasteiger partial charge in [0.25, 0.3) is 0 Å². The fourth-order valence-corrected chi connectivity index (χ4v) is 4.24. The molecule has 0 saturated carbocycles. The summed E-state index contributed by atoms with van der Waals surface area (Å²) in [7, 11) is 0. The maximum Gasteiger partial charge on any atom is 0.175 e. The molecule has 0 aromatic heterocycles. The van der Waals surface area contributed by atoms with Gasteiger partial charge in [0.15, 0.2) is 11.5 Å². The van der Waals surface area contributed by atoms with Gasteiger partial charge in [-0.15, -0.1) is 0 Å². The summed E-state index contributed by atoms with van der Waals surface area (Å²) in [6.45, 7) is 2.64. The van der Waals surface area contributed by atoms with Crippen molar-refractivity contribution in [1.82, 2.24) is 0 Å². The molecular formula is C24H17BrCl2INO2. The first-order chi connectivity index (χ1) is 14.9. The topological polar surface area (TPSA) is 42.2 Å². The van der Waals surface area contributed by atoms with Crippen LogP contribution in [0.4, 0.5) is 0 Å². The zero-order chi connectivity index (χ0) is 22.4. The van der Waals surface area contributed by atoms with Crippen molar-refractivity contribution in [3.63, 3.8) is 0 Å². The predicted octanol–water partition coefficient (Wildman–Crippen LogP) is 8.40. The lowest BCUT2D eigenvalue weighted by molar-refractivity contribution is 0.267. The second kappa shape index (κ2) is 11.2. The molecule has 0 aliphatic carbocycles. The van der Waals surface area contributed by atoms with Gasteiger partial charge < -0.3 is 9.47 Å².